The summed E-state index contributed by atoms with van der Waals surface area (Å²) in [6, 6.07) is 19.7. The lowest BCUT2D eigenvalue weighted by Gasteiger charge is -2.30. The molecule has 0 radical (unpaired) electrons. The number of nitrogens with zero attached hydrogens (tertiary/aromatic N) is 2. The van der Waals surface area contributed by atoms with Gasteiger partial charge in [-0.3, -0.25) is 19.7 Å². The number of carbonyl (C=O) groups is 2. The second-order valence-corrected chi connectivity index (χ2v) is 9.83. The van der Waals surface area contributed by atoms with Crippen LogP contribution in [-0.2, 0) is 19.6 Å². The van der Waals surface area contributed by atoms with Crippen LogP contribution in [0.2, 0.25) is 0 Å². The van der Waals surface area contributed by atoms with Gasteiger partial charge in [0.1, 0.15) is 6.04 Å². The van der Waals surface area contributed by atoms with E-state index in [-0.39, 0.29) is 22.3 Å². The fourth-order valence-electron chi connectivity index (χ4n) is 3.58. The van der Waals surface area contributed by atoms with Gasteiger partial charge in [-0.15, -0.1) is 0 Å². The van der Waals surface area contributed by atoms with E-state index in [0.29, 0.717) is 16.9 Å². The average molecular weight is 492 g/mol. The summed E-state index contributed by atoms with van der Waals surface area (Å²) in [4.78, 5) is 29.7. The number of aryl methyl sites for hydroxylation is 2. The van der Waals surface area contributed by atoms with Crippen molar-refractivity contribution in [2.75, 3.05) is 15.0 Å². The molecule has 0 aromatic heterocycles. The van der Waals surface area contributed by atoms with Gasteiger partial charge in [-0.1, -0.05) is 36.4 Å². The number of benzene rings is 3. The highest BCUT2D eigenvalue weighted by Crippen LogP contribution is 2.24. The van der Waals surface area contributed by atoms with Crippen molar-refractivity contribution < 1.29 is 18.0 Å². The molecule has 1 heterocycles. The number of hydrogen-bond acceptors (Lipinski definition) is 6. The second kappa shape index (κ2) is 9.59. The summed E-state index contributed by atoms with van der Waals surface area (Å²) in [6.07, 6.45) is 0. The fraction of sp³-hybridized carbons (Fsp3) is 0.160. The van der Waals surface area contributed by atoms with Crippen LogP contribution in [0, 0.1) is 13.8 Å². The maximum Gasteiger partial charge on any atom is 0.292 e. The maximum atomic E-state index is 13.0. The highest BCUT2D eigenvalue weighted by Gasteiger charge is 2.31. The van der Waals surface area contributed by atoms with Gasteiger partial charge in [0.05, 0.1) is 10.6 Å². The molecule has 2 amide bonds. The summed E-state index contributed by atoms with van der Waals surface area (Å²) < 4.78 is 28.7. The molecule has 3 aromatic carbocycles. The number of nitrogens with one attached hydrogen (secondary N) is 3. The van der Waals surface area contributed by atoms with Crippen molar-refractivity contribution >= 4 is 44.7 Å². The molecule has 9 nitrogen and oxygen atoms in total. The predicted octanol–water partition coefficient (Wildman–Crippen LogP) is 3.38. The van der Waals surface area contributed by atoms with Crippen LogP contribution in [0.5, 0.6) is 0 Å². The second-order valence-electron chi connectivity index (χ2n) is 8.18. The number of hydrazine groups is 1. The molecular formula is C25H25N5O4S. The van der Waals surface area contributed by atoms with Gasteiger partial charge in [-0.05, 0) is 68.3 Å². The Balaban J connectivity index is 1.56. The number of carbonyl (C=O) groups excluding carboxylic acids is 2. The molecule has 0 saturated carbocycles. The Labute approximate surface area is 203 Å². The van der Waals surface area contributed by atoms with Crippen molar-refractivity contribution in [2.45, 2.75) is 31.7 Å². The number of aliphatic imine (C=N–C) groups is 1. The van der Waals surface area contributed by atoms with Crippen LogP contribution in [0.15, 0.2) is 82.7 Å². The van der Waals surface area contributed by atoms with Crippen LogP contribution in [0.4, 0.5) is 17.1 Å². The fourth-order valence-corrected chi connectivity index (χ4v) is 4.90. The smallest absolute Gasteiger partial charge is 0.292 e. The van der Waals surface area contributed by atoms with Crippen molar-refractivity contribution in [1.82, 2.24) is 5.43 Å². The molecule has 3 N–H and O–H groups in total. The molecule has 0 aliphatic carbocycles. The summed E-state index contributed by atoms with van der Waals surface area (Å²) in [6.45, 7) is 5.14. The first-order valence-corrected chi connectivity index (χ1v) is 12.4. The number of anilines is 3. The summed E-state index contributed by atoms with van der Waals surface area (Å²) in [5, 5.41) is 3.94. The van der Waals surface area contributed by atoms with Crippen LogP contribution in [0.3, 0.4) is 0 Å². The first-order chi connectivity index (χ1) is 16.6. The maximum absolute atomic E-state index is 13.0. The van der Waals surface area contributed by atoms with Gasteiger partial charge in [-0.25, -0.2) is 18.4 Å². The monoisotopic (exact) mass is 491 g/mol. The molecule has 0 bridgehead atoms. The zero-order valence-electron chi connectivity index (χ0n) is 19.4. The lowest BCUT2D eigenvalue weighted by atomic mass is 10.2. The zero-order valence-corrected chi connectivity index (χ0v) is 20.3. The zero-order chi connectivity index (χ0) is 25.2. The Morgan fingerprint density at radius 2 is 1.71 bits per heavy atom. The molecule has 0 saturated heterocycles. The number of para-hydroxylation sites is 1. The van der Waals surface area contributed by atoms with E-state index in [9.17, 15) is 18.0 Å². The number of amides is 2. The molecule has 1 aliphatic rings. The summed E-state index contributed by atoms with van der Waals surface area (Å²) in [5.41, 5.74) is 5.47. The standard InChI is InChI=1S/C25H25N5O4S/c1-16-8-7-9-20(14-16)29-35(33,34)22-15-19(13-12-17(22)2)27-24(31)23-26-18(3)25(32)30(28-23)21-10-5-4-6-11-21/h4-15,18,29H,1-3H3,(H,26,28)(H,27,31). The van der Waals surface area contributed by atoms with Gasteiger partial charge < -0.3 is 5.32 Å². The molecule has 10 heteroatoms. The van der Waals surface area contributed by atoms with Crippen molar-refractivity contribution in [1.29, 1.82) is 0 Å². The molecule has 4 rings (SSSR count). The first-order valence-electron chi connectivity index (χ1n) is 10.9. The Hall–Kier alpha value is -4.18. The minimum Gasteiger partial charge on any atom is -0.319 e. The van der Waals surface area contributed by atoms with Gasteiger partial charge in [0.2, 0.25) is 5.84 Å². The predicted molar refractivity (Wildman–Crippen MR) is 136 cm³/mol. The third-order valence-electron chi connectivity index (χ3n) is 5.35. The normalized spacial score (nSPS) is 15.7. The van der Waals surface area contributed by atoms with Crippen molar-refractivity contribution in [3.8, 4) is 0 Å². The highest BCUT2D eigenvalue weighted by atomic mass is 32.2. The van der Waals surface area contributed by atoms with E-state index >= 15 is 0 Å². The van der Waals surface area contributed by atoms with E-state index in [1.54, 1.807) is 68.4 Å². The van der Waals surface area contributed by atoms with E-state index in [1.807, 2.05) is 19.1 Å². The molecule has 0 spiro atoms. The molecule has 35 heavy (non-hydrogen) atoms. The van der Waals surface area contributed by atoms with Crippen molar-refractivity contribution in [2.24, 2.45) is 4.99 Å². The Bertz CT molecular complexity index is 1420. The van der Waals surface area contributed by atoms with Gasteiger partial charge in [0.25, 0.3) is 21.8 Å². The largest absolute Gasteiger partial charge is 0.319 e. The Morgan fingerprint density at radius 1 is 0.971 bits per heavy atom. The molecule has 180 valence electrons. The number of hydrogen-bond donors (Lipinski definition) is 3. The van der Waals surface area contributed by atoms with Crippen LogP contribution in [-0.4, -0.2) is 32.1 Å². The number of sulfonamides is 1. The van der Waals surface area contributed by atoms with Crippen LogP contribution >= 0.6 is 0 Å². The summed E-state index contributed by atoms with van der Waals surface area (Å²) in [5.74, 6) is -0.980. The molecule has 1 atom stereocenters. The Kier molecular flexibility index (Phi) is 6.57. The molecule has 3 aromatic rings. The molecule has 1 aliphatic heterocycles. The number of rotatable bonds is 6. The highest BCUT2D eigenvalue weighted by molar-refractivity contribution is 7.92. The van der Waals surface area contributed by atoms with Crippen molar-refractivity contribution in [3.05, 3.63) is 83.9 Å². The minimum atomic E-state index is -3.90. The third kappa shape index (κ3) is 5.33. The first kappa shape index (κ1) is 24.0. The van der Waals surface area contributed by atoms with Crippen LogP contribution in [0.25, 0.3) is 0 Å². The number of amidine groups is 1. The average Bonchev–Trinajstić information content (AvgIpc) is 2.82. The third-order valence-corrected chi connectivity index (χ3v) is 6.88. The van der Waals surface area contributed by atoms with Gasteiger partial charge >= 0.3 is 0 Å². The van der Waals surface area contributed by atoms with E-state index < -0.39 is 22.0 Å². The van der Waals surface area contributed by atoms with Crippen molar-refractivity contribution in [3.63, 3.8) is 0 Å². The lowest BCUT2D eigenvalue weighted by Crippen LogP contribution is -2.57. The molecule has 0 fully saturated rings. The van der Waals surface area contributed by atoms with Gasteiger partial charge in [0.15, 0.2) is 0 Å². The van der Waals surface area contributed by atoms with Crippen LogP contribution < -0.4 is 20.5 Å². The van der Waals surface area contributed by atoms with Crippen LogP contribution in [0.1, 0.15) is 18.1 Å². The van der Waals surface area contributed by atoms with Gasteiger partial charge in [0, 0.05) is 11.4 Å². The topological polar surface area (TPSA) is 120 Å². The Morgan fingerprint density at radius 3 is 2.43 bits per heavy atom. The summed E-state index contributed by atoms with van der Waals surface area (Å²) in [7, 11) is -3.90. The lowest BCUT2D eigenvalue weighted by molar-refractivity contribution is -0.120. The van der Waals surface area contributed by atoms with Gasteiger partial charge in [-0.2, -0.15) is 0 Å². The van der Waals surface area contributed by atoms with E-state index in [0.717, 1.165) is 5.56 Å². The van der Waals surface area contributed by atoms with E-state index in [2.05, 4.69) is 20.5 Å². The van der Waals surface area contributed by atoms with E-state index in [1.165, 1.54) is 11.1 Å². The molecule has 1 unspecified atom stereocenters. The summed E-state index contributed by atoms with van der Waals surface area (Å²) >= 11 is 0. The SMILES string of the molecule is Cc1cccc(NS(=O)(=O)c2cc(NC(=O)C3=NC(C)C(=O)N(c4ccccc4)N3)ccc2C)c1. The molecular weight excluding hydrogens is 466 g/mol. The van der Waals surface area contributed by atoms with E-state index in [4.69, 9.17) is 0 Å². The minimum absolute atomic E-state index is 0.0322. The quantitative estimate of drug-likeness (QED) is 0.488.